The van der Waals surface area contributed by atoms with E-state index in [9.17, 15) is 0 Å². The molecule has 2 N–H and O–H groups in total. The zero-order chi connectivity index (χ0) is 21.2. The number of ether oxygens (including phenoxy) is 3. The molecule has 1 aliphatic carbocycles. The van der Waals surface area contributed by atoms with Crippen LogP contribution in [-0.4, -0.2) is 59.1 Å². The number of benzene rings is 1. The highest BCUT2D eigenvalue weighted by Crippen LogP contribution is 2.40. The molecule has 2 fully saturated rings. The van der Waals surface area contributed by atoms with Gasteiger partial charge in [0.1, 0.15) is 5.75 Å². The van der Waals surface area contributed by atoms with Gasteiger partial charge in [0, 0.05) is 50.5 Å². The summed E-state index contributed by atoms with van der Waals surface area (Å²) >= 11 is 0. The third-order valence-corrected chi connectivity index (χ3v) is 6.07. The lowest BCUT2D eigenvalue weighted by Gasteiger charge is -2.37. The van der Waals surface area contributed by atoms with Gasteiger partial charge in [-0.25, -0.2) is 0 Å². The average Bonchev–Trinajstić information content (AvgIpc) is 3.59. The minimum atomic E-state index is -0.0641. The molecule has 0 aromatic heterocycles. The van der Waals surface area contributed by atoms with Gasteiger partial charge in [-0.3, -0.25) is 4.99 Å². The molecular formula is C24H40IN3O3. The van der Waals surface area contributed by atoms with Crippen molar-refractivity contribution in [3.8, 4) is 5.75 Å². The standard InChI is InChI=1S/C24H39N3O3.HI/c1-4-25-23(26-12-5-13-30-17-20-7-8-20)27-18-24(10-14-29-15-11-24)21-16-19(2)6-9-22(21)28-3;/h6,9,16,20H,4-5,7-8,10-15,17-18H2,1-3H3,(H2,25,26,27);1H. The van der Waals surface area contributed by atoms with Gasteiger partial charge in [0.2, 0.25) is 0 Å². The second-order valence-electron chi connectivity index (χ2n) is 8.59. The number of guanidine groups is 1. The summed E-state index contributed by atoms with van der Waals surface area (Å²) in [5.41, 5.74) is 2.43. The van der Waals surface area contributed by atoms with Gasteiger partial charge in [-0.05, 0) is 57.9 Å². The van der Waals surface area contributed by atoms with Crippen LogP contribution in [-0.2, 0) is 14.9 Å². The summed E-state index contributed by atoms with van der Waals surface area (Å²) in [4.78, 5) is 4.99. The topological polar surface area (TPSA) is 64.1 Å². The minimum Gasteiger partial charge on any atom is -0.496 e. The summed E-state index contributed by atoms with van der Waals surface area (Å²) in [6.07, 6.45) is 5.57. The Kier molecular flexibility index (Phi) is 11.4. The van der Waals surface area contributed by atoms with Crippen LogP contribution in [0.4, 0.5) is 0 Å². The third kappa shape index (κ3) is 8.09. The SMILES string of the molecule is CCNC(=NCC1(c2cc(C)ccc2OC)CCOCC1)NCCCOCC1CC1.I. The minimum absolute atomic E-state index is 0. The average molecular weight is 546 g/mol. The van der Waals surface area contributed by atoms with Crippen LogP contribution in [0.25, 0.3) is 0 Å². The van der Waals surface area contributed by atoms with E-state index in [1.165, 1.54) is 24.0 Å². The first-order chi connectivity index (χ1) is 14.7. The summed E-state index contributed by atoms with van der Waals surface area (Å²) in [5, 5.41) is 6.85. The van der Waals surface area contributed by atoms with Crippen molar-refractivity contribution < 1.29 is 14.2 Å². The fourth-order valence-electron chi connectivity index (χ4n) is 4.00. The van der Waals surface area contributed by atoms with Crippen LogP contribution in [0.2, 0.25) is 0 Å². The van der Waals surface area contributed by atoms with Gasteiger partial charge >= 0.3 is 0 Å². The van der Waals surface area contributed by atoms with E-state index in [4.69, 9.17) is 19.2 Å². The second kappa shape index (κ2) is 13.5. The highest BCUT2D eigenvalue weighted by Gasteiger charge is 2.37. The maximum atomic E-state index is 5.74. The molecule has 6 nitrogen and oxygen atoms in total. The number of aryl methyl sites for hydroxylation is 1. The van der Waals surface area contributed by atoms with E-state index in [1.807, 2.05) is 0 Å². The fraction of sp³-hybridized carbons (Fsp3) is 0.708. The number of methoxy groups -OCH3 is 1. The first kappa shape index (κ1) is 26.2. The van der Waals surface area contributed by atoms with Crippen LogP contribution in [0.1, 0.15) is 50.2 Å². The van der Waals surface area contributed by atoms with Gasteiger partial charge in [0.05, 0.1) is 13.7 Å². The molecule has 0 amide bonds. The summed E-state index contributed by atoms with van der Waals surface area (Å²) in [5.74, 6) is 2.65. The summed E-state index contributed by atoms with van der Waals surface area (Å²) < 4.78 is 17.2. The molecule has 3 rings (SSSR count). The number of hydrogen-bond donors (Lipinski definition) is 2. The Labute approximate surface area is 204 Å². The fourth-order valence-corrected chi connectivity index (χ4v) is 4.00. The van der Waals surface area contributed by atoms with Crippen molar-refractivity contribution in [2.24, 2.45) is 10.9 Å². The molecular weight excluding hydrogens is 505 g/mol. The second-order valence-corrected chi connectivity index (χ2v) is 8.59. The normalized spacial score (nSPS) is 18.2. The molecule has 1 aliphatic heterocycles. The van der Waals surface area contributed by atoms with E-state index < -0.39 is 0 Å². The van der Waals surface area contributed by atoms with Crippen LogP contribution < -0.4 is 15.4 Å². The van der Waals surface area contributed by atoms with E-state index in [0.717, 1.165) is 76.4 Å². The molecule has 1 aromatic rings. The van der Waals surface area contributed by atoms with Gasteiger partial charge in [0.25, 0.3) is 0 Å². The van der Waals surface area contributed by atoms with Crippen molar-refractivity contribution in [2.75, 3.05) is 53.2 Å². The number of hydrogen-bond acceptors (Lipinski definition) is 4. The van der Waals surface area contributed by atoms with Crippen molar-refractivity contribution in [1.82, 2.24) is 10.6 Å². The Morgan fingerprint density at radius 1 is 1.23 bits per heavy atom. The Balaban J connectivity index is 0.00000341. The monoisotopic (exact) mass is 545 g/mol. The molecule has 1 saturated heterocycles. The van der Waals surface area contributed by atoms with Gasteiger partial charge < -0.3 is 24.8 Å². The number of nitrogens with one attached hydrogen (secondary N) is 2. The first-order valence-electron chi connectivity index (χ1n) is 11.5. The number of halogens is 1. The molecule has 1 aromatic carbocycles. The number of nitrogens with zero attached hydrogens (tertiary/aromatic N) is 1. The molecule has 0 bridgehead atoms. The maximum absolute atomic E-state index is 5.74. The lowest BCUT2D eigenvalue weighted by atomic mass is 9.73. The number of rotatable bonds is 11. The predicted molar refractivity (Wildman–Crippen MR) is 137 cm³/mol. The molecule has 31 heavy (non-hydrogen) atoms. The quantitative estimate of drug-likeness (QED) is 0.190. The molecule has 2 aliphatic rings. The molecule has 0 unspecified atom stereocenters. The van der Waals surface area contributed by atoms with E-state index in [1.54, 1.807) is 7.11 Å². The van der Waals surface area contributed by atoms with E-state index in [-0.39, 0.29) is 29.4 Å². The zero-order valence-corrected chi connectivity index (χ0v) is 21.7. The van der Waals surface area contributed by atoms with Gasteiger partial charge in [-0.1, -0.05) is 17.7 Å². The predicted octanol–water partition coefficient (Wildman–Crippen LogP) is 4.04. The zero-order valence-electron chi connectivity index (χ0n) is 19.4. The Hall–Kier alpha value is -1.06. The molecule has 7 heteroatoms. The summed E-state index contributed by atoms with van der Waals surface area (Å²) in [6.45, 7) is 9.91. The first-order valence-corrected chi connectivity index (χ1v) is 11.5. The van der Waals surface area contributed by atoms with Gasteiger partial charge in [-0.15, -0.1) is 24.0 Å². The van der Waals surface area contributed by atoms with Gasteiger partial charge in [0.15, 0.2) is 5.96 Å². The highest BCUT2D eigenvalue weighted by atomic mass is 127. The maximum Gasteiger partial charge on any atom is 0.191 e. The number of aliphatic imine (C=N–C) groups is 1. The van der Waals surface area contributed by atoms with Crippen LogP contribution in [0.5, 0.6) is 5.75 Å². The lowest BCUT2D eigenvalue weighted by molar-refractivity contribution is 0.0522. The smallest absolute Gasteiger partial charge is 0.191 e. The summed E-state index contributed by atoms with van der Waals surface area (Å²) in [7, 11) is 1.75. The Bertz CT molecular complexity index is 689. The molecule has 1 saturated carbocycles. The van der Waals surface area contributed by atoms with Gasteiger partial charge in [-0.2, -0.15) is 0 Å². The molecule has 0 atom stereocenters. The van der Waals surface area contributed by atoms with Crippen LogP contribution in [0.3, 0.4) is 0 Å². The van der Waals surface area contributed by atoms with Crippen LogP contribution in [0, 0.1) is 12.8 Å². The Morgan fingerprint density at radius 2 is 2.00 bits per heavy atom. The van der Waals surface area contributed by atoms with Crippen molar-refractivity contribution in [3.63, 3.8) is 0 Å². The molecule has 1 heterocycles. The van der Waals surface area contributed by atoms with E-state index in [2.05, 4.69) is 42.7 Å². The third-order valence-electron chi connectivity index (χ3n) is 6.07. The van der Waals surface area contributed by atoms with Crippen molar-refractivity contribution in [1.29, 1.82) is 0 Å². The highest BCUT2D eigenvalue weighted by molar-refractivity contribution is 14.0. The molecule has 0 radical (unpaired) electrons. The Morgan fingerprint density at radius 3 is 2.68 bits per heavy atom. The van der Waals surface area contributed by atoms with E-state index in [0.29, 0.717) is 6.54 Å². The van der Waals surface area contributed by atoms with Crippen LogP contribution >= 0.6 is 24.0 Å². The molecule has 0 spiro atoms. The lowest BCUT2D eigenvalue weighted by Crippen LogP contribution is -2.41. The van der Waals surface area contributed by atoms with Crippen molar-refractivity contribution >= 4 is 29.9 Å². The largest absolute Gasteiger partial charge is 0.496 e. The molecule has 176 valence electrons. The van der Waals surface area contributed by atoms with Crippen molar-refractivity contribution in [3.05, 3.63) is 29.3 Å². The summed E-state index contributed by atoms with van der Waals surface area (Å²) in [6, 6.07) is 6.45. The van der Waals surface area contributed by atoms with E-state index >= 15 is 0 Å². The van der Waals surface area contributed by atoms with Crippen molar-refractivity contribution in [2.45, 2.75) is 51.4 Å². The van der Waals surface area contributed by atoms with Crippen LogP contribution in [0.15, 0.2) is 23.2 Å².